The van der Waals surface area contributed by atoms with Crippen LogP contribution in [0.3, 0.4) is 0 Å². The third-order valence-electron chi connectivity index (χ3n) is 3.75. The van der Waals surface area contributed by atoms with Crippen LogP contribution in [0.25, 0.3) is 0 Å². The second-order valence-electron chi connectivity index (χ2n) is 5.97. The summed E-state index contributed by atoms with van der Waals surface area (Å²) in [5, 5.41) is 6.06. The first kappa shape index (κ1) is 21.8. The second-order valence-corrected chi connectivity index (χ2v) is 6.81. The standard InChI is InChI=1S/C19H21Cl2N3O4/c1-2-9-24(12-17(25)23-15-11-13(20)5-6-14(15)21)18(26)7-8-22-19(27)16-4-3-10-28-16/h3-6,10-11H,2,7-9,12H2,1H3,(H,22,27)(H,23,25). The first-order chi connectivity index (χ1) is 13.4. The topological polar surface area (TPSA) is 91.7 Å². The van der Waals surface area contributed by atoms with Gasteiger partial charge in [-0.3, -0.25) is 14.4 Å². The van der Waals surface area contributed by atoms with Crippen LogP contribution in [0.4, 0.5) is 5.69 Å². The van der Waals surface area contributed by atoms with Crippen molar-refractivity contribution in [2.24, 2.45) is 0 Å². The third kappa shape index (κ3) is 6.58. The minimum Gasteiger partial charge on any atom is -0.459 e. The first-order valence-corrected chi connectivity index (χ1v) is 9.50. The van der Waals surface area contributed by atoms with E-state index in [1.54, 1.807) is 18.2 Å². The van der Waals surface area contributed by atoms with E-state index in [2.05, 4.69) is 10.6 Å². The summed E-state index contributed by atoms with van der Waals surface area (Å²) in [6.07, 6.45) is 2.15. The highest BCUT2D eigenvalue weighted by Crippen LogP contribution is 2.25. The third-order valence-corrected chi connectivity index (χ3v) is 4.32. The van der Waals surface area contributed by atoms with Crippen LogP contribution in [0.1, 0.15) is 30.3 Å². The smallest absolute Gasteiger partial charge is 0.286 e. The van der Waals surface area contributed by atoms with Gasteiger partial charge >= 0.3 is 0 Å². The van der Waals surface area contributed by atoms with Gasteiger partial charge < -0.3 is 20.0 Å². The lowest BCUT2D eigenvalue weighted by molar-refractivity contribution is -0.134. The van der Waals surface area contributed by atoms with E-state index in [0.717, 1.165) is 0 Å². The van der Waals surface area contributed by atoms with Crippen molar-refractivity contribution in [2.45, 2.75) is 19.8 Å². The van der Waals surface area contributed by atoms with Crippen molar-refractivity contribution in [3.05, 3.63) is 52.4 Å². The van der Waals surface area contributed by atoms with E-state index in [0.29, 0.717) is 28.7 Å². The molecule has 9 heteroatoms. The molecule has 28 heavy (non-hydrogen) atoms. The lowest BCUT2D eigenvalue weighted by atomic mass is 10.3. The number of halogens is 2. The Bertz CT molecular complexity index is 825. The van der Waals surface area contributed by atoms with E-state index in [4.69, 9.17) is 27.6 Å². The molecule has 2 N–H and O–H groups in total. The highest BCUT2D eigenvalue weighted by molar-refractivity contribution is 6.35. The number of nitrogens with one attached hydrogen (secondary N) is 2. The van der Waals surface area contributed by atoms with Gasteiger partial charge in [0.15, 0.2) is 5.76 Å². The van der Waals surface area contributed by atoms with Crippen LogP contribution in [0.15, 0.2) is 41.0 Å². The van der Waals surface area contributed by atoms with Crippen LogP contribution in [-0.2, 0) is 9.59 Å². The number of amides is 3. The molecular weight excluding hydrogens is 405 g/mol. The molecule has 0 radical (unpaired) electrons. The van der Waals surface area contributed by atoms with Crippen LogP contribution in [0.5, 0.6) is 0 Å². The summed E-state index contributed by atoms with van der Waals surface area (Å²) in [5.74, 6) is -0.844. The summed E-state index contributed by atoms with van der Waals surface area (Å²) in [7, 11) is 0. The fourth-order valence-electron chi connectivity index (χ4n) is 2.45. The van der Waals surface area contributed by atoms with E-state index in [9.17, 15) is 14.4 Å². The Balaban J connectivity index is 1.86. The molecule has 0 saturated carbocycles. The fraction of sp³-hybridized carbons (Fsp3) is 0.316. The van der Waals surface area contributed by atoms with E-state index in [1.165, 1.54) is 23.3 Å². The lowest BCUT2D eigenvalue weighted by Gasteiger charge is -2.22. The molecule has 0 aliphatic rings. The molecule has 1 heterocycles. The van der Waals surface area contributed by atoms with Crippen molar-refractivity contribution in [3.8, 4) is 0 Å². The first-order valence-electron chi connectivity index (χ1n) is 8.75. The zero-order chi connectivity index (χ0) is 20.5. The number of hydrogen-bond donors (Lipinski definition) is 2. The van der Waals surface area contributed by atoms with E-state index >= 15 is 0 Å². The van der Waals surface area contributed by atoms with Crippen LogP contribution in [0.2, 0.25) is 10.0 Å². The highest BCUT2D eigenvalue weighted by atomic mass is 35.5. The summed E-state index contributed by atoms with van der Waals surface area (Å²) >= 11 is 11.9. The average Bonchev–Trinajstić information content (AvgIpc) is 3.19. The number of nitrogens with zero attached hydrogens (tertiary/aromatic N) is 1. The van der Waals surface area contributed by atoms with Gasteiger partial charge in [-0.25, -0.2) is 0 Å². The maximum absolute atomic E-state index is 12.4. The van der Waals surface area contributed by atoms with E-state index < -0.39 is 5.91 Å². The maximum atomic E-state index is 12.4. The monoisotopic (exact) mass is 425 g/mol. The van der Waals surface area contributed by atoms with Gasteiger partial charge in [-0.1, -0.05) is 30.1 Å². The van der Waals surface area contributed by atoms with Gasteiger partial charge in [-0.2, -0.15) is 0 Å². The van der Waals surface area contributed by atoms with Gasteiger partial charge in [0.1, 0.15) is 0 Å². The number of carbonyl (C=O) groups excluding carboxylic acids is 3. The van der Waals surface area contributed by atoms with Crippen molar-refractivity contribution in [1.29, 1.82) is 0 Å². The Morgan fingerprint density at radius 3 is 2.64 bits per heavy atom. The van der Waals surface area contributed by atoms with E-state index in [1.807, 2.05) is 6.92 Å². The molecule has 1 aromatic carbocycles. The van der Waals surface area contributed by atoms with Gasteiger partial charge in [0.2, 0.25) is 11.8 Å². The number of furan rings is 1. The average molecular weight is 426 g/mol. The molecule has 1 aromatic heterocycles. The molecule has 2 aromatic rings. The van der Waals surface area contributed by atoms with Crippen molar-refractivity contribution in [1.82, 2.24) is 10.2 Å². The van der Waals surface area contributed by atoms with Crippen molar-refractivity contribution in [3.63, 3.8) is 0 Å². The lowest BCUT2D eigenvalue weighted by Crippen LogP contribution is -2.40. The van der Waals surface area contributed by atoms with E-state index in [-0.39, 0.29) is 37.1 Å². The quantitative estimate of drug-likeness (QED) is 0.641. The molecule has 0 aliphatic heterocycles. The Morgan fingerprint density at radius 1 is 1.18 bits per heavy atom. The number of anilines is 1. The van der Waals surface area contributed by atoms with Crippen LogP contribution in [-0.4, -0.2) is 42.3 Å². The predicted octanol–water partition coefficient (Wildman–Crippen LogP) is 3.58. The van der Waals surface area contributed by atoms with Gasteiger partial charge in [0.05, 0.1) is 23.5 Å². The zero-order valence-electron chi connectivity index (χ0n) is 15.3. The number of rotatable bonds is 9. The molecule has 0 aliphatic carbocycles. The molecule has 3 amide bonds. The summed E-state index contributed by atoms with van der Waals surface area (Å²) in [6.45, 7) is 2.34. The Hall–Kier alpha value is -2.51. The Morgan fingerprint density at radius 2 is 1.96 bits per heavy atom. The molecule has 0 unspecified atom stereocenters. The van der Waals surface area contributed by atoms with Gasteiger partial charge in [-0.15, -0.1) is 0 Å². The van der Waals surface area contributed by atoms with Gasteiger partial charge in [0.25, 0.3) is 5.91 Å². The van der Waals surface area contributed by atoms with Crippen LogP contribution >= 0.6 is 23.2 Å². The Kier molecular flexibility index (Phi) is 8.35. The summed E-state index contributed by atoms with van der Waals surface area (Å²) in [5.41, 5.74) is 0.383. The largest absolute Gasteiger partial charge is 0.459 e. The summed E-state index contributed by atoms with van der Waals surface area (Å²) < 4.78 is 4.99. The highest BCUT2D eigenvalue weighted by Gasteiger charge is 2.18. The molecule has 150 valence electrons. The molecule has 0 atom stereocenters. The zero-order valence-corrected chi connectivity index (χ0v) is 16.8. The molecule has 0 saturated heterocycles. The van der Waals surface area contributed by atoms with Crippen molar-refractivity contribution < 1.29 is 18.8 Å². The fourth-order valence-corrected chi connectivity index (χ4v) is 2.79. The number of benzene rings is 1. The maximum Gasteiger partial charge on any atom is 0.286 e. The normalized spacial score (nSPS) is 10.4. The molecule has 0 fully saturated rings. The summed E-state index contributed by atoms with van der Waals surface area (Å²) in [6, 6.07) is 7.87. The van der Waals surface area contributed by atoms with Gasteiger partial charge in [-0.05, 0) is 36.8 Å². The summed E-state index contributed by atoms with van der Waals surface area (Å²) in [4.78, 5) is 38.0. The molecule has 2 rings (SSSR count). The number of carbonyl (C=O) groups is 3. The minimum atomic E-state index is -0.395. The van der Waals surface area contributed by atoms with Crippen LogP contribution < -0.4 is 10.6 Å². The predicted molar refractivity (Wildman–Crippen MR) is 108 cm³/mol. The van der Waals surface area contributed by atoms with Crippen molar-refractivity contribution in [2.75, 3.05) is 25.0 Å². The van der Waals surface area contributed by atoms with Crippen molar-refractivity contribution >= 4 is 46.6 Å². The SMILES string of the molecule is CCCN(CC(=O)Nc1cc(Cl)ccc1Cl)C(=O)CCNC(=O)c1ccco1. The number of hydrogen-bond acceptors (Lipinski definition) is 4. The molecular formula is C19H21Cl2N3O4. The van der Waals surface area contributed by atoms with Gasteiger partial charge in [0, 0.05) is 24.5 Å². The molecule has 7 nitrogen and oxygen atoms in total. The Labute approximate surface area is 173 Å². The van der Waals surface area contributed by atoms with Crippen LogP contribution in [0, 0.1) is 0 Å². The molecule has 0 spiro atoms. The molecule has 0 bridgehead atoms. The second kappa shape index (κ2) is 10.7. The minimum absolute atomic E-state index is 0.0671.